The smallest absolute Gasteiger partial charge is 0.272 e. The van der Waals surface area contributed by atoms with Gasteiger partial charge in [-0.05, 0) is 30.6 Å². The van der Waals surface area contributed by atoms with Gasteiger partial charge in [-0.2, -0.15) is 0 Å². The van der Waals surface area contributed by atoms with Crippen LogP contribution >= 0.6 is 0 Å². The molecule has 0 aliphatic carbocycles. The minimum absolute atomic E-state index is 0.0788. The fourth-order valence-corrected chi connectivity index (χ4v) is 1.35. The summed E-state index contributed by atoms with van der Waals surface area (Å²) in [4.78, 5) is 20.9. The van der Waals surface area contributed by atoms with Crippen molar-refractivity contribution in [3.63, 3.8) is 0 Å². The maximum Gasteiger partial charge on any atom is 0.272 e. The van der Waals surface area contributed by atoms with Gasteiger partial charge < -0.3 is 0 Å². The summed E-state index contributed by atoms with van der Waals surface area (Å²) in [6.07, 6.45) is 3.05. The van der Waals surface area contributed by atoms with Gasteiger partial charge in [-0.1, -0.05) is 19.1 Å². The Labute approximate surface area is 93.7 Å². The van der Waals surface area contributed by atoms with Crippen molar-refractivity contribution in [2.75, 3.05) is 0 Å². The van der Waals surface area contributed by atoms with Crippen molar-refractivity contribution in [3.05, 3.63) is 45.0 Å². The molecule has 0 radical (unpaired) electrons. The summed E-state index contributed by atoms with van der Waals surface area (Å²) < 4.78 is 0. The van der Waals surface area contributed by atoms with E-state index in [9.17, 15) is 14.9 Å². The van der Waals surface area contributed by atoms with Crippen LogP contribution in [0.4, 0.5) is 5.69 Å². The zero-order valence-electron chi connectivity index (χ0n) is 9.27. The lowest BCUT2D eigenvalue weighted by atomic mass is 10.1. The molecule has 0 heterocycles. The molecule has 16 heavy (non-hydrogen) atoms. The highest BCUT2D eigenvalue weighted by Crippen LogP contribution is 2.20. The van der Waals surface area contributed by atoms with Crippen molar-refractivity contribution in [1.29, 1.82) is 0 Å². The SMILES string of the molecule is CCC(C=O)=Cc1ccc(C)c([N+](=O)[O-])c1. The second-order valence-corrected chi connectivity index (χ2v) is 3.49. The van der Waals surface area contributed by atoms with E-state index in [1.807, 2.05) is 6.92 Å². The minimum Gasteiger partial charge on any atom is -0.298 e. The Morgan fingerprint density at radius 1 is 1.50 bits per heavy atom. The van der Waals surface area contributed by atoms with E-state index in [0.29, 0.717) is 23.1 Å². The summed E-state index contributed by atoms with van der Waals surface area (Å²) in [5.74, 6) is 0. The number of nitro benzene ring substituents is 1. The van der Waals surface area contributed by atoms with Gasteiger partial charge in [0.05, 0.1) is 4.92 Å². The summed E-state index contributed by atoms with van der Waals surface area (Å²) in [6.45, 7) is 3.55. The zero-order valence-corrected chi connectivity index (χ0v) is 9.27. The van der Waals surface area contributed by atoms with Crippen molar-refractivity contribution in [2.24, 2.45) is 0 Å². The first kappa shape index (κ1) is 12.1. The lowest BCUT2D eigenvalue weighted by Crippen LogP contribution is -1.92. The van der Waals surface area contributed by atoms with Gasteiger partial charge in [0.2, 0.25) is 0 Å². The number of allylic oxidation sites excluding steroid dienone is 1. The number of rotatable bonds is 4. The molecule has 0 saturated heterocycles. The number of aryl methyl sites for hydroxylation is 1. The van der Waals surface area contributed by atoms with Crippen LogP contribution in [0.25, 0.3) is 6.08 Å². The summed E-state index contributed by atoms with van der Waals surface area (Å²) in [5, 5.41) is 10.7. The van der Waals surface area contributed by atoms with Crippen molar-refractivity contribution < 1.29 is 9.72 Å². The van der Waals surface area contributed by atoms with Gasteiger partial charge in [0.25, 0.3) is 5.69 Å². The largest absolute Gasteiger partial charge is 0.298 e. The number of benzene rings is 1. The van der Waals surface area contributed by atoms with Gasteiger partial charge in [-0.15, -0.1) is 0 Å². The molecule has 0 aromatic heterocycles. The lowest BCUT2D eigenvalue weighted by molar-refractivity contribution is -0.385. The maximum absolute atomic E-state index is 10.7. The predicted molar refractivity (Wildman–Crippen MR) is 62.2 cm³/mol. The topological polar surface area (TPSA) is 60.2 Å². The molecule has 0 N–H and O–H groups in total. The Morgan fingerprint density at radius 3 is 2.69 bits per heavy atom. The molecule has 0 fully saturated rings. The molecule has 84 valence electrons. The number of carbonyl (C=O) groups excluding carboxylic acids is 1. The quantitative estimate of drug-likeness (QED) is 0.338. The molecule has 0 unspecified atom stereocenters. The van der Waals surface area contributed by atoms with Crippen LogP contribution < -0.4 is 0 Å². The highest BCUT2D eigenvalue weighted by atomic mass is 16.6. The predicted octanol–water partition coefficient (Wildman–Crippen LogP) is 2.90. The number of hydrogen-bond acceptors (Lipinski definition) is 3. The molecule has 4 heteroatoms. The zero-order chi connectivity index (χ0) is 12.1. The van der Waals surface area contributed by atoms with E-state index in [-0.39, 0.29) is 5.69 Å². The second kappa shape index (κ2) is 5.21. The van der Waals surface area contributed by atoms with Crippen molar-refractivity contribution in [3.8, 4) is 0 Å². The molecular formula is C12H13NO3. The first-order chi connectivity index (χ1) is 7.58. The Balaban J connectivity index is 3.17. The fourth-order valence-electron chi connectivity index (χ4n) is 1.35. The molecule has 1 rings (SSSR count). The number of nitro groups is 1. The number of aldehydes is 1. The maximum atomic E-state index is 10.7. The number of nitrogens with zero attached hydrogens (tertiary/aromatic N) is 1. The van der Waals surface area contributed by atoms with Crippen LogP contribution in [0, 0.1) is 17.0 Å². The monoisotopic (exact) mass is 219 g/mol. The van der Waals surface area contributed by atoms with E-state index in [2.05, 4.69) is 0 Å². The summed E-state index contributed by atoms with van der Waals surface area (Å²) >= 11 is 0. The summed E-state index contributed by atoms with van der Waals surface area (Å²) in [7, 11) is 0. The van der Waals surface area contributed by atoms with E-state index >= 15 is 0 Å². The van der Waals surface area contributed by atoms with E-state index in [4.69, 9.17) is 0 Å². The molecule has 0 aliphatic heterocycles. The third-order valence-electron chi connectivity index (χ3n) is 2.34. The Morgan fingerprint density at radius 2 is 2.19 bits per heavy atom. The van der Waals surface area contributed by atoms with Crippen LogP contribution in [0.5, 0.6) is 0 Å². The normalized spacial score (nSPS) is 11.2. The molecule has 1 aromatic carbocycles. The molecule has 0 spiro atoms. The van der Waals surface area contributed by atoms with Gasteiger partial charge in [-0.25, -0.2) is 0 Å². The van der Waals surface area contributed by atoms with Crippen LogP contribution in [0.3, 0.4) is 0 Å². The van der Waals surface area contributed by atoms with Crippen LogP contribution in [-0.4, -0.2) is 11.2 Å². The van der Waals surface area contributed by atoms with E-state index < -0.39 is 4.92 Å². The molecule has 1 aromatic rings. The van der Waals surface area contributed by atoms with Gasteiger partial charge in [0.15, 0.2) is 0 Å². The van der Waals surface area contributed by atoms with Crippen LogP contribution in [0.15, 0.2) is 23.8 Å². The van der Waals surface area contributed by atoms with Crippen molar-refractivity contribution >= 4 is 18.0 Å². The average Bonchev–Trinajstić information content (AvgIpc) is 2.27. The Hall–Kier alpha value is -1.97. The standard InChI is InChI=1S/C12H13NO3/c1-3-10(8-14)6-11-5-4-9(2)12(7-11)13(15)16/h4-8H,3H2,1-2H3. The Bertz CT molecular complexity index is 450. The number of carbonyl (C=O) groups is 1. The molecule has 0 atom stereocenters. The molecule has 0 amide bonds. The van der Waals surface area contributed by atoms with Gasteiger partial charge in [0.1, 0.15) is 6.29 Å². The van der Waals surface area contributed by atoms with E-state index in [0.717, 1.165) is 6.29 Å². The van der Waals surface area contributed by atoms with Crippen LogP contribution in [-0.2, 0) is 4.79 Å². The second-order valence-electron chi connectivity index (χ2n) is 3.49. The fraction of sp³-hybridized carbons (Fsp3) is 0.250. The minimum atomic E-state index is -0.417. The third kappa shape index (κ3) is 2.76. The lowest BCUT2D eigenvalue weighted by Gasteiger charge is -2.00. The first-order valence-electron chi connectivity index (χ1n) is 4.99. The van der Waals surface area contributed by atoms with E-state index in [1.165, 1.54) is 6.07 Å². The van der Waals surface area contributed by atoms with Gasteiger partial charge in [-0.3, -0.25) is 14.9 Å². The molecule has 0 bridgehead atoms. The molecule has 4 nitrogen and oxygen atoms in total. The van der Waals surface area contributed by atoms with Crippen molar-refractivity contribution in [2.45, 2.75) is 20.3 Å². The van der Waals surface area contributed by atoms with Crippen molar-refractivity contribution in [1.82, 2.24) is 0 Å². The van der Waals surface area contributed by atoms with E-state index in [1.54, 1.807) is 25.1 Å². The number of hydrogen-bond donors (Lipinski definition) is 0. The summed E-state index contributed by atoms with van der Waals surface area (Å²) in [5.41, 5.74) is 2.00. The van der Waals surface area contributed by atoms with Gasteiger partial charge in [0, 0.05) is 11.6 Å². The van der Waals surface area contributed by atoms with Crippen LogP contribution in [0.2, 0.25) is 0 Å². The molecule has 0 aliphatic rings. The molecular weight excluding hydrogens is 206 g/mol. The summed E-state index contributed by atoms with van der Waals surface area (Å²) in [6, 6.07) is 4.93. The Kier molecular flexibility index (Phi) is 3.94. The van der Waals surface area contributed by atoms with Crippen LogP contribution in [0.1, 0.15) is 24.5 Å². The average molecular weight is 219 g/mol. The molecule has 0 saturated carbocycles. The third-order valence-corrected chi connectivity index (χ3v) is 2.34. The first-order valence-corrected chi connectivity index (χ1v) is 4.99. The highest BCUT2D eigenvalue weighted by molar-refractivity contribution is 5.81. The highest BCUT2D eigenvalue weighted by Gasteiger charge is 2.09. The van der Waals surface area contributed by atoms with Gasteiger partial charge >= 0.3 is 0 Å².